The largest absolute Gasteiger partial charge is 0.294 e. The Kier molecular flexibility index (Phi) is 4.11. The van der Waals surface area contributed by atoms with E-state index in [1.54, 1.807) is 0 Å². The molecular formula is C13H16O. The van der Waals surface area contributed by atoms with Crippen LogP contribution in [0.4, 0.5) is 0 Å². The van der Waals surface area contributed by atoms with Crippen molar-refractivity contribution < 1.29 is 4.79 Å². The molecular weight excluding hydrogens is 172 g/mol. The summed E-state index contributed by atoms with van der Waals surface area (Å²) < 4.78 is 0. The van der Waals surface area contributed by atoms with Gasteiger partial charge in [0.2, 0.25) is 0 Å². The van der Waals surface area contributed by atoms with Crippen molar-refractivity contribution >= 4 is 5.78 Å². The van der Waals surface area contributed by atoms with E-state index in [9.17, 15) is 4.79 Å². The van der Waals surface area contributed by atoms with Gasteiger partial charge in [-0.15, -0.1) is 0 Å². The highest BCUT2D eigenvalue weighted by Crippen LogP contribution is 2.04. The lowest BCUT2D eigenvalue weighted by molar-refractivity contribution is 0.0995. The Balaban J connectivity index is 2.52. The van der Waals surface area contributed by atoms with E-state index in [0.717, 1.165) is 5.56 Å². The maximum atomic E-state index is 11.6. The van der Waals surface area contributed by atoms with Gasteiger partial charge in [0.1, 0.15) is 0 Å². The lowest BCUT2D eigenvalue weighted by Crippen LogP contribution is -1.96. The van der Waals surface area contributed by atoms with Crippen LogP contribution in [0.1, 0.15) is 30.6 Å². The summed E-state index contributed by atoms with van der Waals surface area (Å²) in [5.74, 6) is 0.695. The van der Waals surface area contributed by atoms with Crippen molar-refractivity contribution in [2.75, 3.05) is 0 Å². The topological polar surface area (TPSA) is 17.1 Å². The summed E-state index contributed by atoms with van der Waals surface area (Å²) in [4.78, 5) is 11.6. The van der Waals surface area contributed by atoms with Gasteiger partial charge in [-0.1, -0.05) is 56.3 Å². The highest BCUT2D eigenvalue weighted by molar-refractivity contribution is 5.96. The second-order valence-corrected chi connectivity index (χ2v) is 3.67. The molecule has 0 aliphatic heterocycles. The fraction of sp³-hybridized carbons (Fsp3) is 0.308. The first-order valence-electron chi connectivity index (χ1n) is 4.95. The average Bonchev–Trinajstić information content (AvgIpc) is 2.18. The molecule has 0 N–H and O–H groups in total. The monoisotopic (exact) mass is 188 g/mol. The quantitative estimate of drug-likeness (QED) is 0.522. The van der Waals surface area contributed by atoms with Crippen LogP contribution < -0.4 is 0 Å². The van der Waals surface area contributed by atoms with Gasteiger partial charge in [0.25, 0.3) is 0 Å². The highest BCUT2D eigenvalue weighted by Gasteiger charge is 2.01. The number of allylic oxidation sites excluding steroid dienone is 2. The Morgan fingerprint density at radius 2 is 1.93 bits per heavy atom. The van der Waals surface area contributed by atoms with Gasteiger partial charge in [0.15, 0.2) is 5.78 Å². The summed E-state index contributed by atoms with van der Waals surface area (Å²) in [5, 5.41) is 0. The Labute approximate surface area is 85.5 Å². The van der Waals surface area contributed by atoms with Crippen LogP contribution in [0.15, 0.2) is 42.5 Å². The third-order valence-corrected chi connectivity index (χ3v) is 1.92. The number of benzene rings is 1. The Morgan fingerprint density at radius 3 is 2.50 bits per heavy atom. The van der Waals surface area contributed by atoms with Crippen LogP contribution in [-0.4, -0.2) is 5.78 Å². The standard InChI is InChI=1S/C13H16O/c1-11(2)7-6-10-13(14)12-8-4-3-5-9-12/h3-9,11H,10H2,1-2H3/b7-6+. The predicted octanol–water partition coefficient (Wildman–Crippen LogP) is 3.47. The number of ketones is 1. The first-order chi connectivity index (χ1) is 6.70. The van der Waals surface area contributed by atoms with Crippen LogP contribution in [0.5, 0.6) is 0 Å². The molecule has 0 saturated carbocycles. The molecule has 1 aromatic rings. The first kappa shape index (κ1) is 10.7. The smallest absolute Gasteiger partial charge is 0.166 e. The molecule has 0 aliphatic carbocycles. The van der Waals surface area contributed by atoms with Crippen LogP contribution in [0.2, 0.25) is 0 Å². The molecule has 1 aromatic carbocycles. The lowest BCUT2D eigenvalue weighted by Gasteiger charge is -1.97. The minimum atomic E-state index is 0.183. The lowest BCUT2D eigenvalue weighted by atomic mass is 10.1. The van der Waals surface area contributed by atoms with Gasteiger partial charge in [-0.25, -0.2) is 0 Å². The van der Waals surface area contributed by atoms with E-state index in [1.807, 2.05) is 36.4 Å². The zero-order valence-electron chi connectivity index (χ0n) is 8.73. The zero-order valence-corrected chi connectivity index (χ0v) is 8.73. The summed E-state index contributed by atoms with van der Waals surface area (Å²) in [6.07, 6.45) is 4.50. The number of hydrogen-bond donors (Lipinski definition) is 0. The number of carbonyl (C=O) groups excluding carboxylic acids is 1. The third kappa shape index (κ3) is 3.56. The van der Waals surface area contributed by atoms with Crippen molar-refractivity contribution in [2.24, 2.45) is 5.92 Å². The SMILES string of the molecule is CC(C)/C=C/CC(=O)c1ccccc1. The second-order valence-electron chi connectivity index (χ2n) is 3.67. The molecule has 1 heteroatoms. The molecule has 0 fully saturated rings. The van der Waals surface area contributed by atoms with Crippen molar-refractivity contribution in [3.05, 3.63) is 48.0 Å². The van der Waals surface area contributed by atoms with Crippen molar-refractivity contribution in [1.29, 1.82) is 0 Å². The van der Waals surface area contributed by atoms with Gasteiger partial charge in [-0.3, -0.25) is 4.79 Å². The molecule has 0 aliphatic rings. The fourth-order valence-electron chi connectivity index (χ4n) is 1.19. The molecule has 0 saturated heterocycles. The highest BCUT2D eigenvalue weighted by atomic mass is 16.1. The summed E-state index contributed by atoms with van der Waals surface area (Å²) >= 11 is 0. The van der Waals surface area contributed by atoms with Gasteiger partial charge in [-0.05, 0) is 5.92 Å². The molecule has 1 rings (SSSR count). The van der Waals surface area contributed by atoms with Gasteiger partial charge in [0, 0.05) is 12.0 Å². The van der Waals surface area contributed by atoms with Gasteiger partial charge in [0.05, 0.1) is 0 Å². The van der Waals surface area contributed by atoms with E-state index in [4.69, 9.17) is 0 Å². The fourth-order valence-corrected chi connectivity index (χ4v) is 1.19. The minimum absolute atomic E-state index is 0.183. The van der Waals surface area contributed by atoms with Crippen LogP contribution in [0.3, 0.4) is 0 Å². The molecule has 14 heavy (non-hydrogen) atoms. The maximum Gasteiger partial charge on any atom is 0.166 e. The molecule has 1 nitrogen and oxygen atoms in total. The van der Waals surface area contributed by atoms with Crippen LogP contribution >= 0.6 is 0 Å². The van der Waals surface area contributed by atoms with E-state index in [1.165, 1.54) is 0 Å². The number of Topliss-reactive ketones (excluding diaryl/α,β-unsaturated/α-hetero) is 1. The van der Waals surface area contributed by atoms with E-state index < -0.39 is 0 Å². The Hall–Kier alpha value is -1.37. The third-order valence-electron chi connectivity index (χ3n) is 1.92. The predicted molar refractivity (Wildman–Crippen MR) is 59.4 cm³/mol. The summed E-state index contributed by atoms with van der Waals surface area (Å²) in [6, 6.07) is 9.40. The molecule has 0 aromatic heterocycles. The van der Waals surface area contributed by atoms with Gasteiger partial charge < -0.3 is 0 Å². The minimum Gasteiger partial charge on any atom is -0.294 e. The maximum absolute atomic E-state index is 11.6. The molecule has 0 bridgehead atoms. The summed E-state index contributed by atoms with van der Waals surface area (Å²) in [7, 11) is 0. The molecule has 0 heterocycles. The van der Waals surface area contributed by atoms with Crippen LogP contribution in [-0.2, 0) is 0 Å². The van der Waals surface area contributed by atoms with Crippen LogP contribution in [0, 0.1) is 5.92 Å². The zero-order chi connectivity index (χ0) is 10.4. The summed E-state index contributed by atoms with van der Waals surface area (Å²) in [6.45, 7) is 4.20. The van der Waals surface area contributed by atoms with Crippen molar-refractivity contribution in [3.63, 3.8) is 0 Å². The first-order valence-corrected chi connectivity index (χ1v) is 4.95. The normalized spacial score (nSPS) is 11.1. The molecule has 0 unspecified atom stereocenters. The van der Waals surface area contributed by atoms with Crippen molar-refractivity contribution in [3.8, 4) is 0 Å². The van der Waals surface area contributed by atoms with E-state index >= 15 is 0 Å². The second kappa shape index (κ2) is 5.38. The Morgan fingerprint density at radius 1 is 1.29 bits per heavy atom. The molecule has 74 valence electrons. The number of carbonyl (C=O) groups is 1. The molecule has 0 spiro atoms. The van der Waals surface area contributed by atoms with Crippen molar-refractivity contribution in [2.45, 2.75) is 20.3 Å². The molecule has 0 amide bonds. The average molecular weight is 188 g/mol. The Bertz CT molecular complexity index is 309. The number of hydrogen-bond acceptors (Lipinski definition) is 1. The molecule has 0 atom stereocenters. The van der Waals surface area contributed by atoms with Crippen molar-refractivity contribution in [1.82, 2.24) is 0 Å². The van der Waals surface area contributed by atoms with Gasteiger partial charge >= 0.3 is 0 Å². The van der Waals surface area contributed by atoms with Crippen LogP contribution in [0.25, 0.3) is 0 Å². The molecule has 0 radical (unpaired) electrons. The van der Waals surface area contributed by atoms with E-state index in [-0.39, 0.29) is 5.78 Å². The number of rotatable bonds is 4. The van der Waals surface area contributed by atoms with E-state index in [2.05, 4.69) is 19.9 Å². The van der Waals surface area contributed by atoms with Gasteiger partial charge in [-0.2, -0.15) is 0 Å². The summed E-state index contributed by atoms with van der Waals surface area (Å²) in [5.41, 5.74) is 0.793. The van der Waals surface area contributed by atoms with E-state index in [0.29, 0.717) is 12.3 Å².